The molecule has 5 heteroatoms. The van der Waals surface area contributed by atoms with Crippen LogP contribution in [0.25, 0.3) is 0 Å². The number of piperidine rings is 1. The van der Waals surface area contributed by atoms with Crippen molar-refractivity contribution in [2.75, 3.05) is 20.2 Å². The number of benzene rings is 2. The van der Waals surface area contributed by atoms with E-state index in [1.807, 2.05) is 24.3 Å². The molecule has 1 aliphatic rings. The summed E-state index contributed by atoms with van der Waals surface area (Å²) >= 11 is 0. The number of hydrogen-bond donors (Lipinski definition) is 1. The number of hydrogen-bond acceptors (Lipinski definition) is 3. The topological polar surface area (TPSA) is 49.8 Å². The summed E-state index contributed by atoms with van der Waals surface area (Å²) < 4.78 is 18.4. The number of likely N-dealkylation sites (tertiary alicyclic amines) is 1. The van der Waals surface area contributed by atoms with Crippen LogP contribution in [0.15, 0.2) is 48.5 Å². The Morgan fingerprint density at radius 3 is 2.65 bits per heavy atom. The van der Waals surface area contributed by atoms with Crippen molar-refractivity contribution < 1.29 is 19.0 Å². The number of aryl methyl sites for hydroxylation is 1. The Morgan fingerprint density at radius 2 is 1.96 bits per heavy atom. The SMILES string of the molecule is COc1ccccc1CCC(=O)N1CC[C@@H](c2ccc(F)cc2)[C@H](O)C1. The van der Waals surface area contributed by atoms with Crippen LogP contribution >= 0.6 is 0 Å². The largest absolute Gasteiger partial charge is 0.496 e. The molecule has 1 amide bonds. The molecule has 1 fully saturated rings. The number of rotatable bonds is 5. The minimum absolute atomic E-state index is 0.0347. The Balaban J connectivity index is 1.56. The summed E-state index contributed by atoms with van der Waals surface area (Å²) in [6.07, 6.45) is 1.03. The van der Waals surface area contributed by atoms with Gasteiger partial charge in [0.2, 0.25) is 5.91 Å². The van der Waals surface area contributed by atoms with Crippen molar-refractivity contribution in [3.05, 3.63) is 65.5 Å². The lowest BCUT2D eigenvalue weighted by atomic mass is 9.87. The van der Waals surface area contributed by atoms with Crippen LogP contribution in [0.4, 0.5) is 4.39 Å². The van der Waals surface area contributed by atoms with Crippen molar-refractivity contribution in [1.82, 2.24) is 4.90 Å². The van der Waals surface area contributed by atoms with Crippen LogP contribution in [-0.2, 0) is 11.2 Å². The first kappa shape index (κ1) is 18.4. The average Bonchev–Trinajstić information content (AvgIpc) is 2.67. The minimum Gasteiger partial charge on any atom is -0.496 e. The Kier molecular flexibility index (Phi) is 5.89. The van der Waals surface area contributed by atoms with E-state index in [2.05, 4.69) is 0 Å². The molecular formula is C21H24FNO3. The molecule has 1 N–H and O–H groups in total. The maximum Gasteiger partial charge on any atom is 0.222 e. The van der Waals surface area contributed by atoms with Gasteiger partial charge in [-0.15, -0.1) is 0 Å². The Hall–Kier alpha value is -2.40. The van der Waals surface area contributed by atoms with Gasteiger partial charge in [0.15, 0.2) is 0 Å². The highest BCUT2D eigenvalue weighted by Crippen LogP contribution is 2.29. The lowest BCUT2D eigenvalue weighted by Gasteiger charge is -2.36. The maximum absolute atomic E-state index is 13.1. The van der Waals surface area contributed by atoms with Gasteiger partial charge in [0, 0.05) is 25.4 Å². The molecule has 0 radical (unpaired) electrons. The van der Waals surface area contributed by atoms with E-state index in [0.717, 1.165) is 16.9 Å². The number of carbonyl (C=O) groups excluding carboxylic acids is 1. The highest BCUT2D eigenvalue weighted by atomic mass is 19.1. The average molecular weight is 357 g/mol. The molecule has 0 bridgehead atoms. The zero-order valence-electron chi connectivity index (χ0n) is 14.9. The van der Waals surface area contributed by atoms with E-state index in [4.69, 9.17) is 4.74 Å². The van der Waals surface area contributed by atoms with E-state index in [9.17, 15) is 14.3 Å². The zero-order chi connectivity index (χ0) is 18.5. The molecule has 0 aromatic heterocycles. The van der Waals surface area contributed by atoms with Crippen molar-refractivity contribution in [3.8, 4) is 5.75 Å². The second kappa shape index (κ2) is 8.32. The van der Waals surface area contributed by atoms with Gasteiger partial charge in [-0.1, -0.05) is 30.3 Å². The summed E-state index contributed by atoms with van der Waals surface area (Å²) in [4.78, 5) is 14.3. The predicted octanol–water partition coefficient (Wildman–Crippen LogP) is 3.14. The number of ether oxygens (including phenoxy) is 1. The van der Waals surface area contributed by atoms with E-state index in [0.29, 0.717) is 32.4 Å². The number of β-amino-alcohol motifs (C(OH)–C–C–N with tert-alkyl or cyclic N) is 1. The monoisotopic (exact) mass is 357 g/mol. The van der Waals surface area contributed by atoms with E-state index in [1.165, 1.54) is 12.1 Å². The van der Waals surface area contributed by atoms with Gasteiger partial charge < -0.3 is 14.7 Å². The van der Waals surface area contributed by atoms with Crippen LogP contribution in [0.3, 0.4) is 0 Å². The molecule has 0 saturated carbocycles. The molecule has 1 heterocycles. The maximum atomic E-state index is 13.1. The third-order valence-corrected chi connectivity index (χ3v) is 5.03. The smallest absolute Gasteiger partial charge is 0.222 e. The first-order chi connectivity index (χ1) is 12.6. The number of nitrogens with zero attached hydrogens (tertiary/aromatic N) is 1. The second-order valence-electron chi connectivity index (χ2n) is 6.67. The fourth-order valence-corrected chi connectivity index (χ4v) is 3.57. The number of aliphatic hydroxyl groups excluding tert-OH is 1. The predicted molar refractivity (Wildman–Crippen MR) is 97.7 cm³/mol. The van der Waals surface area contributed by atoms with Crippen LogP contribution in [0.2, 0.25) is 0 Å². The number of para-hydroxylation sites is 1. The molecule has 4 nitrogen and oxygen atoms in total. The van der Waals surface area contributed by atoms with Crippen LogP contribution < -0.4 is 4.74 Å². The summed E-state index contributed by atoms with van der Waals surface area (Å²) in [7, 11) is 1.62. The Morgan fingerprint density at radius 1 is 1.23 bits per heavy atom. The van der Waals surface area contributed by atoms with Crippen LogP contribution in [-0.4, -0.2) is 42.2 Å². The third-order valence-electron chi connectivity index (χ3n) is 5.03. The van der Waals surface area contributed by atoms with E-state index < -0.39 is 6.10 Å². The van der Waals surface area contributed by atoms with Crippen molar-refractivity contribution in [2.45, 2.75) is 31.3 Å². The number of aliphatic hydroxyl groups is 1. The van der Waals surface area contributed by atoms with Gasteiger partial charge in [0.1, 0.15) is 11.6 Å². The van der Waals surface area contributed by atoms with Crippen LogP contribution in [0, 0.1) is 5.82 Å². The Bertz CT molecular complexity index is 747. The van der Waals surface area contributed by atoms with E-state index in [-0.39, 0.29) is 17.6 Å². The molecule has 2 aromatic carbocycles. The van der Waals surface area contributed by atoms with Gasteiger partial charge in [0.05, 0.1) is 13.2 Å². The van der Waals surface area contributed by atoms with Gasteiger partial charge in [-0.05, 0) is 42.2 Å². The number of methoxy groups -OCH3 is 1. The van der Waals surface area contributed by atoms with E-state index >= 15 is 0 Å². The number of carbonyl (C=O) groups is 1. The number of halogens is 1. The normalized spacial score (nSPS) is 20.0. The molecule has 26 heavy (non-hydrogen) atoms. The highest BCUT2D eigenvalue weighted by molar-refractivity contribution is 5.76. The van der Waals surface area contributed by atoms with Crippen molar-refractivity contribution >= 4 is 5.91 Å². The quantitative estimate of drug-likeness (QED) is 0.894. The van der Waals surface area contributed by atoms with Gasteiger partial charge >= 0.3 is 0 Å². The molecule has 0 spiro atoms. The summed E-state index contributed by atoms with van der Waals surface area (Å²) in [5, 5.41) is 10.5. The molecule has 138 valence electrons. The first-order valence-corrected chi connectivity index (χ1v) is 8.91. The lowest BCUT2D eigenvalue weighted by molar-refractivity contribution is -0.134. The van der Waals surface area contributed by atoms with Crippen LogP contribution in [0.5, 0.6) is 5.75 Å². The lowest BCUT2D eigenvalue weighted by Crippen LogP contribution is -2.45. The zero-order valence-corrected chi connectivity index (χ0v) is 14.9. The first-order valence-electron chi connectivity index (χ1n) is 8.91. The molecule has 0 aliphatic carbocycles. The van der Waals surface area contributed by atoms with Gasteiger partial charge in [-0.25, -0.2) is 4.39 Å². The highest BCUT2D eigenvalue weighted by Gasteiger charge is 2.30. The fourth-order valence-electron chi connectivity index (χ4n) is 3.57. The van der Waals surface area contributed by atoms with Crippen LogP contribution in [0.1, 0.15) is 29.9 Å². The molecule has 0 unspecified atom stereocenters. The third kappa shape index (κ3) is 4.22. The van der Waals surface area contributed by atoms with Gasteiger partial charge in [-0.2, -0.15) is 0 Å². The molecule has 2 aromatic rings. The summed E-state index contributed by atoms with van der Waals surface area (Å²) in [6, 6.07) is 13.9. The molecule has 3 rings (SSSR count). The second-order valence-corrected chi connectivity index (χ2v) is 6.67. The molecular weight excluding hydrogens is 333 g/mol. The summed E-state index contributed by atoms with van der Waals surface area (Å²) in [5.74, 6) is 0.476. The summed E-state index contributed by atoms with van der Waals surface area (Å²) in [5.41, 5.74) is 1.92. The molecule has 1 saturated heterocycles. The molecule has 1 aliphatic heterocycles. The molecule has 2 atom stereocenters. The van der Waals surface area contributed by atoms with Crippen molar-refractivity contribution in [3.63, 3.8) is 0 Å². The van der Waals surface area contributed by atoms with Crippen molar-refractivity contribution in [2.24, 2.45) is 0 Å². The van der Waals surface area contributed by atoms with Gasteiger partial charge in [0.25, 0.3) is 0 Å². The van der Waals surface area contributed by atoms with Gasteiger partial charge in [-0.3, -0.25) is 4.79 Å². The minimum atomic E-state index is -0.635. The van der Waals surface area contributed by atoms with Crippen molar-refractivity contribution in [1.29, 1.82) is 0 Å². The Labute approximate surface area is 153 Å². The standard InChI is InChI=1S/C21H24FNO3/c1-26-20-5-3-2-4-16(20)8-11-21(25)23-13-12-18(19(24)14-23)15-6-9-17(22)10-7-15/h2-7,9-10,18-19,24H,8,11-14H2,1H3/t18-,19+/m0/s1. The number of amides is 1. The summed E-state index contributed by atoms with van der Waals surface area (Å²) in [6.45, 7) is 0.913. The fraction of sp³-hybridized carbons (Fsp3) is 0.381. The van der Waals surface area contributed by atoms with E-state index in [1.54, 1.807) is 24.1 Å².